The minimum Gasteiger partial charge on any atom is -0.381 e. The molecule has 112 valence electrons. The van der Waals surface area contributed by atoms with E-state index < -0.39 is 12.1 Å². The average molecular weight is 279 g/mol. The fourth-order valence-electron chi connectivity index (χ4n) is 3.71. The van der Waals surface area contributed by atoms with E-state index in [1.54, 1.807) is 0 Å². The van der Waals surface area contributed by atoms with Crippen LogP contribution in [0.4, 0.5) is 13.2 Å². The monoisotopic (exact) mass is 279 g/mol. The van der Waals surface area contributed by atoms with Gasteiger partial charge in [0.1, 0.15) is 0 Å². The van der Waals surface area contributed by atoms with Gasteiger partial charge in [0.05, 0.1) is 12.5 Å². The van der Waals surface area contributed by atoms with E-state index in [1.165, 1.54) is 0 Å². The third-order valence-corrected chi connectivity index (χ3v) is 4.78. The quantitative estimate of drug-likeness (QED) is 0.855. The van der Waals surface area contributed by atoms with Crippen molar-refractivity contribution >= 4 is 0 Å². The van der Waals surface area contributed by atoms with E-state index in [2.05, 4.69) is 5.32 Å². The first-order valence-corrected chi connectivity index (χ1v) is 7.34. The molecule has 1 heterocycles. The predicted molar refractivity (Wildman–Crippen MR) is 67.9 cm³/mol. The van der Waals surface area contributed by atoms with E-state index in [9.17, 15) is 13.2 Å². The normalized spacial score (nSPS) is 35.1. The third-order valence-electron chi connectivity index (χ3n) is 4.78. The molecule has 5 heteroatoms. The Hall–Kier alpha value is -0.290. The van der Waals surface area contributed by atoms with Gasteiger partial charge in [-0.1, -0.05) is 0 Å². The maximum Gasteiger partial charge on any atom is 0.391 e. The molecule has 0 bridgehead atoms. The highest BCUT2D eigenvalue weighted by Crippen LogP contribution is 2.41. The lowest BCUT2D eigenvalue weighted by atomic mass is 9.74. The first-order chi connectivity index (χ1) is 9.02. The summed E-state index contributed by atoms with van der Waals surface area (Å²) in [6.45, 7) is 1.58. The van der Waals surface area contributed by atoms with E-state index in [4.69, 9.17) is 4.74 Å². The van der Waals surface area contributed by atoms with E-state index in [-0.39, 0.29) is 0 Å². The predicted octanol–water partition coefficient (Wildman–Crippen LogP) is 3.37. The molecule has 2 rings (SSSR count). The molecule has 1 N–H and O–H groups in total. The highest BCUT2D eigenvalue weighted by molar-refractivity contribution is 4.88. The summed E-state index contributed by atoms with van der Waals surface area (Å²) in [6.07, 6.45) is 0.151. The molecular weight excluding hydrogens is 255 g/mol. The van der Waals surface area contributed by atoms with Crippen LogP contribution in [-0.4, -0.2) is 32.5 Å². The fraction of sp³-hybridized carbons (Fsp3) is 1.00. The molecule has 1 aliphatic carbocycles. The van der Waals surface area contributed by atoms with Gasteiger partial charge in [0, 0.05) is 12.6 Å². The van der Waals surface area contributed by atoms with Crippen LogP contribution in [0.2, 0.25) is 0 Å². The van der Waals surface area contributed by atoms with Gasteiger partial charge in [-0.3, -0.25) is 0 Å². The second-order valence-electron chi connectivity index (χ2n) is 5.94. The zero-order valence-corrected chi connectivity index (χ0v) is 11.5. The van der Waals surface area contributed by atoms with Gasteiger partial charge < -0.3 is 10.1 Å². The zero-order valence-electron chi connectivity index (χ0n) is 11.5. The maximum absolute atomic E-state index is 12.7. The van der Waals surface area contributed by atoms with Crippen LogP contribution in [0.1, 0.15) is 38.5 Å². The maximum atomic E-state index is 12.7. The van der Waals surface area contributed by atoms with E-state index >= 15 is 0 Å². The van der Waals surface area contributed by atoms with Gasteiger partial charge in [0.25, 0.3) is 0 Å². The Morgan fingerprint density at radius 3 is 2.21 bits per heavy atom. The van der Waals surface area contributed by atoms with E-state index in [1.807, 2.05) is 7.05 Å². The van der Waals surface area contributed by atoms with Crippen LogP contribution in [0.15, 0.2) is 0 Å². The van der Waals surface area contributed by atoms with Crippen LogP contribution in [0, 0.1) is 17.8 Å². The average Bonchev–Trinajstić information content (AvgIpc) is 2.40. The molecule has 2 nitrogen and oxygen atoms in total. The summed E-state index contributed by atoms with van der Waals surface area (Å²) in [5.74, 6) is -0.245. The summed E-state index contributed by atoms with van der Waals surface area (Å²) in [5.41, 5.74) is 0. The standard InChI is InChI=1S/C14H24F3NO/c1-18-13(11-3-2-8-19-9-11)10-4-6-12(7-5-10)14(15,16)17/h10-13,18H,2-9H2,1H3. The molecule has 0 spiro atoms. The van der Waals surface area contributed by atoms with Crippen molar-refractivity contribution in [2.75, 3.05) is 20.3 Å². The Morgan fingerprint density at radius 2 is 1.74 bits per heavy atom. The summed E-state index contributed by atoms with van der Waals surface area (Å²) in [6, 6.07) is 0.314. The number of hydrogen-bond acceptors (Lipinski definition) is 2. The summed E-state index contributed by atoms with van der Waals surface area (Å²) < 4.78 is 43.5. The van der Waals surface area contributed by atoms with Crippen molar-refractivity contribution in [2.24, 2.45) is 17.8 Å². The van der Waals surface area contributed by atoms with Crippen molar-refractivity contribution in [2.45, 2.75) is 50.7 Å². The van der Waals surface area contributed by atoms with Gasteiger partial charge in [-0.05, 0) is 57.4 Å². The van der Waals surface area contributed by atoms with Crippen LogP contribution in [0.5, 0.6) is 0 Å². The lowest BCUT2D eigenvalue weighted by molar-refractivity contribution is -0.184. The Balaban J connectivity index is 1.87. The van der Waals surface area contributed by atoms with Crippen LogP contribution < -0.4 is 5.32 Å². The minimum atomic E-state index is -4.01. The number of ether oxygens (including phenoxy) is 1. The number of hydrogen-bond donors (Lipinski definition) is 1. The van der Waals surface area contributed by atoms with Crippen molar-refractivity contribution < 1.29 is 17.9 Å². The molecule has 0 aromatic carbocycles. The molecule has 1 aliphatic heterocycles. The lowest BCUT2D eigenvalue weighted by Gasteiger charge is -2.39. The van der Waals surface area contributed by atoms with Crippen LogP contribution in [0.25, 0.3) is 0 Å². The van der Waals surface area contributed by atoms with Crippen molar-refractivity contribution in [1.29, 1.82) is 0 Å². The first kappa shape index (κ1) is 15.1. The molecular formula is C14H24F3NO. The molecule has 0 aromatic rings. The molecule has 19 heavy (non-hydrogen) atoms. The lowest BCUT2D eigenvalue weighted by Crippen LogP contribution is -2.45. The topological polar surface area (TPSA) is 21.3 Å². The Kier molecular flexibility index (Phi) is 5.12. The van der Waals surface area contributed by atoms with Crippen molar-refractivity contribution in [1.82, 2.24) is 5.32 Å². The Bertz CT molecular complexity index is 268. The van der Waals surface area contributed by atoms with Gasteiger partial charge >= 0.3 is 6.18 Å². The Labute approximate surface area is 113 Å². The third kappa shape index (κ3) is 3.85. The number of rotatable bonds is 3. The number of nitrogens with one attached hydrogen (secondary N) is 1. The molecule has 2 atom stereocenters. The molecule has 2 fully saturated rings. The van der Waals surface area contributed by atoms with Gasteiger partial charge in [0.2, 0.25) is 0 Å². The van der Waals surface area contributed by atoms with Gasteiger partial charge in [-0.2, -0.15) is 13.2 Å². The summed E-state index contributed by atoms with van der Waals surface area (Å²) in [4.78, 5) is 0. The van der Waals surface area contributed by atoms with Crippen LogP contribution >= 0.6 is 0 Å². The first-order valence-electron chi connectivity index (χ1n) is 7.34. The zero-order chi connectivity index (χ0) is 13.9. The molecule has 2 aliphatic rings. The van der Waals surface area contributed by atoms with Gasteiger partial charge in [-0.25, -0.2) is 0 Å². The summed E-state index contributed by atoms with van der Waals surface area (Å²) >= 11 is 0. The van der Waals surface area contributed by atoms with Gasteiger partial charge in [0.15, 0.2) is 0 Å². The summed E-state index contributed by atoms with van der Waals surface area (Å²) in [7, 11) is 1.93. The highest BCUT2D eigenvalue weighted by Gasteiger charge is 2.43. The molecule has 1 saturated heterocycles. The van der Waals surface area contributed by atoms with E-state index in [0.717, 1.165) is 26.1 Å². The van der Waals surface area contributed by atoms with Crippen LogP contribution in [0.3, 0.4) is 0 Å². The highest BCUT2D eigenvalue weighted by atomic mass is 19.4. The SMILES string of the molecule is CNC(C1CCC(C(F)(F)F)CC1)C1CCCOC1. The summed E-state index contributed by atoms with van der Waals surface area (Å²) in [5, 5.41) is 3.33. The molecule has 1 saturated carbocycles. The largest absolute Gasteiger partial charge is 0.391 e. The Morgan fingerprint density at radius 1 is 1.05 bits per heavy atom. The van der Waals surface area contributed by atoms with Gasteiger partial charge in [-0.15, -0.1) is 0 Å². The van der Waals surface area contributed by atoms with Crippen molar-refractivity contribution in [3.8, 4) is 0 Å². The fourth-order valence-corrected chi connectivity index (χ4v) is 3.71. The van der Waals surface area contributed by atoms with E-state index in [0.29, 0.717) is 43.6 Å². The van der Waals surface area contributed by atoms with Crippen molar-refractivity contribution in [3.63, 3.8) is 0 Å². The molecule has 0 aromatic heterocycles. The van der Waals surface area contributed by atoms with Crippen molar-refractivity contribution in [3.05, 3.63) is 0 Å². The second-order valence-corrected chi connectivity index (χ2v) is 5.94. The number of halogens is 3. The molecule has 0 radical (unpaired) electrons. The second kappa shape index (κ2) is 6.44. The molecule has 2 unspecified atom stereocenters. The van der Waals surface area contributed by atoms with Crippen LogP contribution in [-0.2, 0) is 4.74 Å². The number of alkyl halides is 3. The smallest absolute Gasteiger partial charge is 0.381 e. The minimum absolute atomic E-state index is 0.292. The molecule has 0 amide bonds.